The van der Waals surface area contributed by atoms with E-state index in [1.165, 1.54) is 0 Å². The maximum Gasteiger partial charge on any atom is 0.197 e. The molecule has 13 aromatic rings. The van der Waals surface area contributed by atoms with Crippen LogP contribution in [0.1, 0.15) is 57.7 Å². The molecule has 13 rings (SSSR count). The van der Waals surface area contributed by atoms with Crippen molar-refractivity contribution in [2.75, 3.05) is 0 Å². The average Bonchev–Trinajstić information content (AvgIpc) is 4.17. The van der Waals surface area contributed by atoms with Gasteiger partial charge in [-0.2, -0.15) is 0 Å². The van der Waals surface area contributed by atoms with Gasteiger partial charge in [0.05, 0.1) is 34.3 Å². The number of nitrogens with zero attached hydrogens (tertiary/aromatic N) is 15. The van der Waals surface area contributed by atoms with Crippen LogP contribution in [0.2, 0.25) is 0 Å². The van der Waals surface area contributed by atoms with Gasteiger partial charge in [-0.1, -0.05) is 47.5 Å². The van der Waals surface area contributed by atoms with Gasteiger partial charge < -0.3 is 9.13 Å². The SMILES string of the molecule is [C-]#[N+]c1cccc(-n2c3ccc(-c4nc(C)nc(C)n4)cc3c3cc(-c4nc(C)nc(C)n4)ccc32)c1-c1cc(-c2cc(C)cc(C)c2)ccc1-n1c2ccc(-c3nc(C)nc(C)n3)cc2c2cc(-c3nc(C)nc(C)n3)ccc21. The number of aromatic nitrogens is 14. The molecule has 0 aliphatic carbocycles. The summed E-state index contributed by atoms with van der Waals surface area (Å²) in [6, 6.07) is 44.8. The van der Waals surface area contributed by atoms with Crippen LogP contribution in [-0.4, -0.2) is 68.9 Å². The average molecular weight is 1040 g/mol. The monoisotopic (exact) mass is 1040 g/mol. The summed E-state index contributed by atoms with van der Waals surface area (Å²) in [6.45, 7) is 28.3. The molecule has 0 bridgehead atoms. The molecule has 0 fully saturated rings. The predicted octanol–water partition coefficient (Wildman–Crippen LogP) is 14.3. The molecule has 6 aromatic heterocycles. The Morgan fingerprint density at radius 1 is 0.312 bits per heavy atom. The van der Waals surface area contributed by atoms with E-state index in [1.54, 1.807) is 0 Å². The van der Waals surface area contributed by atoms with Crippen molar-refractivity contribution in [3.05, 3.63) is 197 Å². The second kappa shape index (κ2) is 19.0. The number of hydrogen-bond acceptors (Lipinski definition) is 12. The zero-order chi connectivity index (χ0) is 55.2. The first-order valence-electron chi connectivity index (χ1n) is 26.3. The first-order valence-corrected chi connectivity index (χ1v) is 26.3. The van der Waals surface area contributed by atoms with Crippen molar-refractivity contribution >= 4 is 49.3 Å². The fourth-order valence-electron chi connectivity index (χ4n) is 11.4. The Bertz CT molecular complexity index is 4490. The van der Waals surface area contributed by atoms with Gasteiger partial charge in [0.15, 0.2) is 29.0 Å². The fourth-order valence-corrected chi connectivity index (χ4v) is 11.4. The van der Waals surface area contributed by atoms with Crippen molar-refractivity contribution in [2.24, 2.45) is 0 Å². The first-order chi connectivity index (χ1) is 38.6. The smallest absolute Gasteiger partial charge is 0.197 e. The zero-order valence-electron chi connectivity index (χ0n) is 45.8. The van der Waals surface area contributed by atoms with E-state index < -0.39 is 0 Å². The minimum absolute atomic E-state index is 0.489. The van der Waals surface area contributed by atoms with Crippen LogP contribution in [0.15, 0.2) is 127 Å². The third-order valence-electron chi connectivity index (χ3n) is 14.4. The van der Waals surface area contributed by atoms with Gasteiger partial charge >= 0.3 is 0 Å². The Morgan fingerprint density at radius 3 is 1.00 bits per heavy atom. The lowest BCUT2D eigenvalue weighted by Crippen LogP contribution is -2.03. The number of aryl methyl sites for hydroxylation is 10. The summed E-state index contributed by atoms with van der Waals surface area (Å²) >= 11 is 0. The molecule has 0 radical (unpaired) electrons. The van der Waals surface area contributed by atoms with E-state index in [0.717, 1.165) is 111 Å². The third kappa shape index (κ3) is 8.63. The third-order valence-corrected chi connectivity index (χ3v) is 14.4. The quantitative estimate of drug-likeness (QED) is 0.132. The van der Waals surface area contributed by atoms with E-state index >= 15 is 0 Å². The Hall–Kier alpha value is -10.3. The zero-order valence-corrected chi connectivity index (χ0v) is 45.8. The van der Waals surface area contributed by atoms with E-state index in [4.69, 9.17) is 46.4 Å². The number of rotatable bonds is 8. The Kier molecular flexibility index (Phi) is 11.7. The lowest BCUT2D eigenvalue weighted by molar-refractivity contribution is 0.928. The summed E-state index contributed by atoms with van der Waals surface area (Å²) in [5.74, 6) is 7.50. The van der Waals surface area contributed by atoms with Crippen LogP contribution in [0.3, 0.4) is 0 Å². The summed E-state index contributed by atoms with van der Waals surface area (Å²) in [5, 5.41) is 3.87. The van der Waals surface area contributed by atoms with Crippen molar-refractivity contribution in [1.82, 2.24) is 68.9 Å². The van der Waals surface area contributed by atoms with Crippen LogP contribution in [0.25, 0.3) is 128 Å². The maximum absolute atomic E-state index is 8.99. The highest BCUT2D eigenvalue weighted by Crippen LogP contribution is 2.47. The minimum atomic E-state index is 0.489. The molecule has 0 saturated heterocycles. The highest BCUT2D eigenvalue weighted by atomic mass is 15.1. The standard InChI is InChI=1S/C65H51N15/c1-33-25-34(2)27-48(26-33)43-15-20-59(79-55-21-16-44(62-71-35(3)67-36(4)72-62)29-49(55)50-30-45(17-22-56(50)79)63-73-37(5)68-38(6)74-63)53(28-43)61-54(66-11)13-12-14-60(61)80-57-23-18-46(64-75-39(7)69-40(8)76-64)31-51(57)52-32-47(19-24-58(52)80)65-77-41(9)70-42(10)78-65/h12-32H,1-10H3. The molecule has 7 aromatic carbocycles. The normalized spacial score (nSPS) is 11.6. The van der Waals surface area contributed by atoms with Gasteiger partial charge in [-0.3, -0.25) is 0 Å². The van der Waals surface area contributed by atoms with Gasteiger partial charge in [0.2, 0.25) is 0 Å². The highest BCUT2D eigenvalue weighted by Gasteiger charge is 2.25. The van der Waals surface area contributed by atoms with Gasteiger partial charge in [0.1, 0.15) is 46.6 Å². The van der Waals surface area contributed by atoms with Crippen LogP contribution in [-0.2, 0) is 0 Å². The Labute approximate surface area is 461 Å². The number of fused-ring (bicyclic) bond motifs is 6. The van der Waals surface area contributed by atoms with Gasteiger partial charge in [-0.15, -0.1) is 0 Å². The molecule has 15 heteroatoms. The molecule has 0 spiro atoms. The number of hydrogen-bond donors (Lipinski definition) is 0. The summed E-state index contributed by atoms with van der Waals surface area (Å²) in [5.41, 5.74) is 15.3. The van der Waals surface area contributed by atoms with Crippen molar-refractivity contribution in [3.8, 4) is 79.2 Å². The molecule has 0 N–H and O–H groups in total. The molecule has 6 heterocycles. The molecule has 0 aliphatic heterocycles. The molecule has 0 saturated carbocycles. The van der Waals surface area contributed by atoms with Crippen LogP contribution >= 0.6 is 0 Å². The van der Waals surface area contributed by atoms with E-state index in [9.17, 15) is 0 Å². The lowest BCUT2D eigenvalue weighted by atomic mass is 9.93. The molecule has 0 aliphatic rings. The van der Waals surface area contributed by atoms with E-state index in [2.05, 4.69) is 163 Å². The van der Waals surface area contributed by atoms with Crippen molar-refractivity contribution < 1.29 is 0 Å². The predicted molar refractivity (Wildman–Crippen MR) is 315 cm³/mol. The Balaban J connectivity index is 1.13. The molecule has 80 heavy (non-hydrogen) atoms. The second-order valence-corrected chi connectivity index (χ2v) is 20.5. The van der Waals surface area contributed by atoms with Crippen LogP contribution in [0.4, 0.5) is 5.69 Å². The minimum Gasteiger partial charge on any atom is -0.310 e. The molecular weight excluding hydrogens is 991 g/mol. The first kappa shape index (κ1) is 49.3. The van der Waals surface area contributed by atoms with Crippen molar-refractivity contribution in [3.63, 3.8) is 0 Å². The molecule has 15 nitrogen and oxygen atoms in total. The van der Waals surface area contributed by atoms with Gasteiger partial charge in [-0.05, 0) is 177 Å². The summed E-state index contributed by atoms with van der Waals surface area (Å²) in [6.07, 6.45) is 0. The molecule has 0 amide bonds. The van der Waals surface area contributed by atoms with E-state index in [-0.39, 0.29) is 0 Å². The molecule has 0 unspecified atom stereocenters. The lowest BCUT2D eigenvalue weighted by Gasteiger charge is -2.21. The van der Waals surface area contributed by atoms with Crippen molar-refractivity contribution in [2.45, 2.75) is 69.2 Å². The van der Waals surface area contributed by atoms with E-state index in [0.29, 0.717) is 75.6 Å². The van der Waals surface area contributed by atoms with E-state index in [1.807, 2.05) is 67.5 Å². The van der Waals surface area contributed by atoms with Gasteiger partial charge in [0.25, 0.3) is 0 Å². The molecule has 0 atom stereocenters. The summed E-state index contributed by atoms with van der Waals surface area (Å²) < 4.78 is 4.60. The van der Waals surface area contributed by atoms with Crippen LogP contribution in [0.5, 0.6) is 0 Å². The highest BCUT2D eigenvalue weighted by molar-refractivity contribution is 6.14. The fraction of sp³-hybridized carbons (Fsp3) is 0.154. The largest absolute Gasteiger partial charge is 0.310 e. The summed E-state index contributed by atoms with van der Waals surface area (Å²) in [7, 11) is 0. The van der Waals surface area contributed by atoms with Gasteiger partial charge in [-0.25, -0.2) is 64.7 Å². The Morgan fingerprint density at radius 2 is 0.650 bits per heavy atom. The van der Waals surface area contributed by atoms with Crippen molar-refractivity contribution in [1.29, 1.82) is 0 Å². The summed E-state index contributed by atoms with van der Waals surface area (Å²) in [4.78, 5) is 60.6. The van der Waals surface area contributed by atoms with Crippen LogP contribution < -0.4 is 0 Å². The number of benzene rings is 7. The molecule has 386 valence electrons. The second-order valence-electron chi connectivity index (χ2n) is 20.5. The topological polar surface area (TPSA) is 169 Å². The maximum atomic E-state index is 8.99. The van der Waals surface area contributed by atoms with Crippen LogP contribution in [0, 0.1) is 75.8 Å². The molecular formula is C65H51N15. The van der Waals surface area contributed by atoms with Gasteiger partial charge in [0, 0.05) is 55.0 Å².